The van der Waals surface area contributed by atoms with Crippen molar-refractivity contribution in [1.29, 1.82) is 0 Å². The third kappa shape index (κ3) is 9.14. The van der Waals surface area contributed by atoms with Crippen LogP contribution in [0.1, 0.15) is 141 Å². The van der Waals surface area contributed by atoms with Crippen molar-refractivity contribution in [2.75, 3.05) is 0 Å². The first-order chi connectivity index (χ1) is 15.8. The fraction of sp³-hybridized carbons (Fsp3) is 0.867. The summed E-state index contributed by atoms with van der Waals surface area (Å²) >= 11 is 0. The first kappa shape index (κ1) is 25.7. The van der Waals surface area contributed by atoms with Gasteiger partial charge in [0.1, 0.15) is 5.82 Å². The van der Waals surface area contributed by atoms with E-state index in [0.29, 0.717) is 0 Å². The van der Waals surface area contributed by atoms with Crippen LogP contribution in [-0.4, -0.2) is 9.97 Å². The highest BCUT2D eigenvalue weighted by atomic mass is 14.9. The van der Waals surface area contributed by atoms with Gasteiger partial charge in [0.25, 0.3) is 0 Å². The maximum atomic E-state index is 4.70. The molecule has 0 saturated heterocycles. The summed E-state index contributed by atoms with van der Waals surface area (Å²) in [5.41, 5.74) is 1.33. The van der Waals surface area contributed by atoms with Gasteiger partial charge in [-0.1, -0.05) is 90.9 Å². The zero-order chi connectivity index (χ0) is 22.4. The Kier molecular flexibility index (Phi) is 12.1. The van der Waals surface area contributed by atoms with Gasteiger partial charge in [-0.15, -0.1) is 0 Å². The fourth-order valence-electron chi connectivity index (χ4n) is 6.56. The number of nitrogens with zero attached hydrogens (tertiary/aromatic N) is 2. The zero-order valence-corrected chi connectivity index (χ0v) is 21.5. The molecule has 0 radical (unpaired) electrons. The maximum absolute atomic E-state index is 4.70. The molecule has 0 bridgehead atoms. The largest absolute Gasteiger partial charge is 0.241 e. The van der Waals surface area contributed by atoms with E-state index in [0.717, 1.165) is 42.3 Å². The highest BCUT2D eigenvalue weighted by Gasteiger charge is 2.30. The first-order valence-electron chi connectivity index (χ1n) is 14.6. The highest BCUT2D eigenvalue weighted by Crippen LogP contribution is 2.42. The van der Waals surface area contributed by atoms with Gasteiger partial charge in [0.15, 0.2) is 0 Å². The van der Waals surface area contributed by atoms with Gasteiger partial charge in [-0.25, -0.2) is 9.97 Å². The lowest BCUT2D eigenvalue weighted by Crippen LogP contribution is -2.26. The molecule has 1 heterocycles. The summed E-state index contributed by atoms with van der Waals surface area (Å²) in [6.45, 7) is 4.64. The second-order valence-corrected chi connectivity index (χ2v) is 11.3. The van der Waals surface area contributed by atoms with Gasteiger partial charge in [0, 0.05) is 18.8 Å². The van der Waals surface area contributed by atoms with Crippen LogP contribution in [0.2, 0.25) is 0 Å². The molecule has 2 fully saturated rings. The predicted molar refractivity (Wildman–Crippen MR) is 138 cm³/mol. The number of hydrogen-bond acceptors (Lipinski definition) is 2. The molecule has 0 spiro atoms. The SMILES string of the molecule is CCCCCCCCCc1cnc(CC[C@H]2CC[C@H]([C@H]3CC[C@H](CCC)CC3)CC2)nc1. The van der Waals surface area contributed by atoms with Crippen LogP contribution in [-0.2, 0) is 12.8 Å². The van der Waals surface area contributed by atoms with Crippen LogP contribution in [0.15, 0.2) is 12.4 Å². The molecule has 0 aliphatic heterocycles. The van der Waals surface area contributed by atoms with Crippen molar-refractivity contribution < 1.29 is 0 Å². The van der Waals surface area contributed by atoms with Crippen LogP contribution in [0.4, 0.5) is 0 Å². The Morgan fingerprint density at radius 1 is 0.594 bits per heavy atom. The summed E-state index contributed by atoms with van der Waals surface area (Å²) in [5.74, 6) is 5.13. The lowest BCUT2D eigenvalue weighted by atomic mass is 9.68. The van der Waals surface area contributed by atoms with E-state index in [1.54, 1.807) is 0 Å². The molecule has 182 valence electrons. The van der Waals surface area contributed by atoms with Crippen LogP contribution in [0.3, 0.4) is 0 Å². The van der Waals surface area contributed by atoms with E-state index < -0.39 is 0 Å². The van der Waals surface area contributed by atoms with E-state index in [-0.39, 0.29) is 0 Å². The summed E-state index contributed by atoms with van der Waals surface area (Å²) < 4.78 is 0. The quantitative estimate of drug-likeness (QED) is 0.269. The summed E-state index contributed by atoms with van der Waals surface area (Å²) in [5, 5.41) is 0. The zero-order valence-electron chi connectivity index (χ0n) is 21.5. The maximum Gasteiger partial charge on any atom is 0.128 e. The number of unbranched alkanes of at least 4 members (excludes halogenated alkanes) is 6. The molecule has 2 saturated carbocycles. The highest BCUT2D eigenvalue weighted by molar-refractivity contribution is 5.05. The molecule has 0 atom stereocenters. The van der Waals surface area contributed by atoms with Crippen LogP contribution < -0.4 is 0 Å². The van der Waals surface area contributed by atoms with E-state index in [1.165, 1.54) is 121 Å². The Morgan fingerprint density at radius 3 is 1.69 bits per heavy atom. The minimum atomic E-state index is 0.915. The molecule has 3 rings (SSSR count). The minimum absolute atomic E-state index is 0.915. The van der Waals surface area contributed by atoms with Gasteiger partial charge in [0.05, 0.1) is 0 Å². The Hall–Kier alpha value is -0.920. The molecular weight excluding hydrogens is 388 g/mol. The molecular formula is C30H52N2. The van der Waals surface area contributed by atoms with Gasteiger partial charge < -0.3 is 0 Å². The molecule has 1 aromatic rings. The number of aromatic nitrogens is 2. The van der Waals surface area contributed by atoms with Crippen molar-refractivity contribution in [3.8, 4) is 0 Å². The normalized spacial score (nSPS) is 26.3. The van der Waals surface area contributed by atoms with Gasteiger partial charge in [0.2, 0.25) is 0 Å². The summed E-state index contributed by atoms with van der Waals surface area (Å²) in [6, 6.07) is 0. The molecule has 0 unspecified atom stereocenters. The van der Waals surface area contributed by atoms with Crippen LogP contribution >= 0.6 is 0 Å². The fourth-order valence-corrected chi connectivity index (χ4v) is 6.56. The molecule has 2 nitrogen and oxygen atoms in total. The van der Waals surface area contributed by atoms with Crippen molar-refractivity contribution in [3.63, 3.8) is 0 Å². The standard InChI is InChI=1S/C30H52N2/c1-3-5-6-7-8-9-10-12-27-23-31-30(32-24-27)22-17-26-15-20-29(21-16-26)28-18-13-25(11-4-2)14-19-28/h23-26,28-29H,3-22H2,1-2H3/t25-,26-,28-,29-. The van der Waals surface area contributed by atoms with Crippen LogP contribution in [0.25, 0.3) is 0 Å². The third-order valence-corrected chi connectivity index (χ3v) is 8.75. The Labute approximate surface area is 199 Å². The molecule has 2 aliphatic carbocycles. The van der Waals surface area contributed by atoms with E-state index in [2.05, 4.69) is 26.2 Å². The summed E-state index contributed by atoms with van der Waals surface area (Å²) in [4.78, 5) is 9.40. The van der Waals surface area contributed by atoms with Crippen molar-refractivity contribution in [1.82, 2.24) is 9.97 Å². The van der Waals surface area contributed by atoms with E-state index >= 15 is 0 Å². The minimum Gasteiger partial charge on any atom is -0.241 e. The van der Waals surface area contributed by atoms with Crippen molar-refractivity contribution >= 4 is 0 Å². The molecule has 32 heavy (non-hydrogen) atoms. The van der Waals surface area contributed by atoms with E-state index in [4.69, 9.17) is 9.97 Å². The molecule has 0 N–H and O–H groups in total. The van der Waals surface area contributed by atoms with Gasteiger partial charge in [-0.2, -0.15) is 0 Å². The summed E-state index contributed by atoms with van der Waals surface area (Å²) in [6.07, 6.45) is 32.2. The lowest BCUT2D eigenvalue weighted by Gasteiger charge is -2.38. The van der Waals surface area contributed by atoms with E-state index in [1.807, 2.05) is 0 Å². The van der Waals surface area contributed by atoms with Crippen molar-refractivity contribution in [2.45, 2.75) is 142 Å². The Bertz CT molecular complexity index is 579. The Morgan fingerprint density at radius 2 is 1.12 bits per heavy atom. The molecule has 0 amide bonds. The van der Waals surface area contributed by atoms with Crippen LogP contribution in [0, 0.1) is 23.7 Å². The van der Waals surface area contributed by atoms with Gasteiger partial charge in [-0.05, 0) is 74.2 Å². The molecule has 2 heteroatoms. The van der Waals surface area contributed by atoms with Gasteiger partial charge in [-0.3, -0.25) is 0 Å². The van der Waals surface area contributed by atoms with Gasteiger partial charge >= 0.3 is 0 Å². The van der Waals surface area contributed by atoms with E-state index in [9.17, 15) is 0 Å². The average Bonchev–Trinajstić information content (AvgIpc) is 2.84. The molecule has 0 aromatic carbocycles. The molecule has 2 aliphatic rings. The van der Waals surface area contributed by atoms with Crippen molar-refractivity contribution in [2.24, 2.45) is 23.7 Å². The number of hydrogen-bond donors (Lipinski definition) is 0. The Balaban J connectivity index is 1.26. The molecule has 1 aromatic heterocycles. The van der Waals surface area contributed by atoms with Crippen molar-refractivity contribution in [3.05, 3.63) is 23.8 Å². The monoisotopic (exact) mass is 440 g/mol. The third-order valence-electron chi connectivity index (χ3n) is 8.75. The average molecular weight is 441 g/mol. The number of rotatable bonds is 14. The first-order valence-corrected chi connectivity index (χ1v) is 14.6. The second-order valence-electron chi connectivity index (χ2n) is 11.3. The lowest BCUT2D eigenvalue weighted by molar-refractivity contribution is 0.141. The number of aryl methyl sites for hydroxylation is 2. The summed E-state index contributed by atoms with van der Waals surface area (Å²) in [7, 11) is 0. The topological polar surface area (TPSA) is 25.8 Å². The van der Waals surface area contributed by atoms with Crippen LogP contribution in [0.5, 0.6) is 0 Å². The predicted octanol–water partition coefficient (Wildman–Crippen LogP) is 9.12. The smallest absolute Gasteiger partial charge is 0.128 e. The second kappa shape index (κ2) is 15.1.